The molecular weight excluding hydrogens is 311 g/mol. The fourth-order valence-corrected chi connectivity index (χ4v) is 3.55. The van der Waals surface area contributed by atoms with Gasteiger partial charge in [-0.25, -0.2) is 9.18 Å². The van der Waals surface area contributed by atoms with Gasteiger partial charge < -0.3 is 5.32 Å². The molecule has 2 N–H and O–H groups in total. The minimum Gasteiger partial charge on any atom is -0.323 e. The number of nitrogens with one attached hydrogen (secondary N) is 2. The summed E-state index contributed by atoms with van der Waals surface area (Å²) in [4.78, 5) is 25.7. The fourth-order valence-electron chi connectivity index (χ4n) is 3.55. The van der Waals surface area contributed by atoms with Gasteiger partial charge in [0.2, 0.25) is 0 Å². The van der Waals surface area contributed by atoms with E-state index in [4.69, 9.17) is 5.26 Å². The number of hydrogen-bond acceptors (Lipinski definition) is 4. The zero-order valence-corrected chi connectivity index (χ0v) is 13.4. The molecule has 2 aliphatic heterocycles. The van der Waals surface area contributed by atoms with Crippen molar-refractivity contribution in [3.63, 3.8) is 0 Å². The van der Waals surface area contributed by atoms with Crippen LogP contribution in [-0.2, 0) is 11.3 Å². The molecule has 24 heavy (non-hydrogen) atoms. The summed E-state index contributed by atoms with van der Waals surface area (Å²) in [6.07, 6.45) is 1.74. The van der Waals surface area contributed by atoms with Crippen molar-refractivity contribution in [2.75, 3.05) is 13.1 Å². The predicted molar refractivity (Wildman–Crippen MR) is 84.2 cm³/mol. The van der Waals surface area contributed by atoms with Crippen molar-refractivity contribution in [2.24, 2.45) is 5.92 Å². The molecule has 0 saturated carbocycles. The number of urea groups is 1. The van der Waals surface area contributed by atoms with Crippen molar-refractivity contribution >= 4 is 11.9 Å². The number of halogens is 1. The van der Waals surface area contributed by atoms with Gasteiger partial charge in [0.25, 0.3) is 5.91 Å². The van der Waals surface area contributed by atoms with Crippen LogP contribution in [0.1, 0.15) is 30.9 Å². The predicted octanol–water partition coefficient (Wildman–Crippen LogP) is 1.51. The SMILES string of the molecule is CC1(C2CCCN(Cc3ccc(F)cc3C#N)C2)NC(=O)NC1=O. The summed E-state index contributed by atoms with van der Waals surface area (Å²) in [6, 6.07) is 5.79. The number of carbonyl (C=O) groups excluding carboxylic acids is 2. The molecule has 0 radical (unpaired) electrons. The van der Waals surface area contributed by atoms with Crippen molar-refractivity contribution < 1.29 is 14.0 Å². The zero-order chi connectivity index (χ0) is 17.3. The Morgan fingerprint density at radius 3 is 2.92 bits per heavy atom. The zero-order valence-electron chi connectivity index (χ0n) is 13.4. The Labute approximate surface area is 139 Å². The first-order chi connectivity index (χ1) is 11.4. The lowest BCUT2D eigenvalue weighted by molar-refractivity contribution is -0.126. The first kappa shape index (κ1) is 16.4. The molecule has 2 saturated heterocycles. The van der Waals surface area contributed by atoms with Gasteiger partial charge in [0.05, 0.1) is 11.6 Å². The van der Waals surface area contributed by atoms with E-state index in [9.17, 15) is 14.0 Å². The maximum absolute atomic E-state index is 13.3. The van der Waals surface area contributed by atoms with Crippen LogP contribution < -0.4 is 10.6 Å². The van der Waals surface area contributed by atoms with E-state index in [-0.39, 0.29) is 11.8 Å². The third-order valence-corrected chi connectivity index (χ3v) is 4.98. The Kier molecular flexibility index (Phi) is 4.24. The summed E-state index contributed by atoms with van der Waals surface area (Å²) in [5.74, 6) is -0.729. The number of rotatable bonds is 3. The Morgan fingerprint density at radius 1 is 1.46 bits per heavy atom. The van der Waals surface area contributed by atoms with Gasteiger partial charge in [-0.2, -0.15) is 5.26 Å². The van der Waals surface area contributed by atoms with E-state index in [2.05, 4.69) is 15.5 Å². The van der Waals surface area contributed by atoms with Crippen LogP contribution in [0, 0.1) is 23.1 Å². The molecule has 3 amide bonds. The fraction of sp³-hybridized carbons (Fsp3) is 0.471. The number of piperidine rings is 1. The van der Waals surface area contributed by atoms with Gasteiger partial charge in [-0.05, 0) is 44.0 Å². The molecule has 2 unspecified atom stereocenters. The van der Waals surface area contributed by atoms with E-state index in [1.54, 1.807) is 13.0 Å². The highest BCUT2D eigenvalue weighted by atomic mass is 19.1. The van der Waals surface area contributed by atoms with Crippen molar-refractivity contribution in [1.82, 2.24) is 15.5 Å². The quantitative estimate of drug-likeness (QED) is 0.823. The standard InChI is InChI=1S/C17H19FN4O2/c1-17(15(23)20-16(24)21-17)13-3-2-6-22(10-13)9-11-4-5-14(18)7-12(11)8-19/h4-5,7,13H,2-3,6,9-10H2,1H3,(H2,20,21,23,24). The average molecular weight is 330 g/mol. The van der Waals surface area contributed by atoms with Crippen LogP contribution in [0.4, 0.5) is 9.18 Å². The van der Waals surface area contributed by atoms with Gasteiger partial charge in [-0.15, -0.1) is 0 Å². The molecule has 2 aliphatic rings. The number of nitriles is 1. The number of likely N-dealkylation sites (tertiary alicyclic amines) is 1. The van der Waals surface area contributed by atoms with Crippen LogP contribution in [-0.4, -0.2) is 35.5 Å². The summed E-state index contributed by atoms with van der Waals surface area (Å²) < 4.78 is 13.3. The number of benzene rings is 1. The Bertz CT molecular complexity index is 730. The van der Waals surface area contributed by atoms with E-state index in [1.165, 1.54) is 12.1 Å². The van der Waals surface area contributed by atoms with Crippen LogP contribution in [0.3, 0.4) is 0 Å². The van der Waals surface area contributed by atoms with Gasteiger partial charge >= 0.3 is 6.03 Å². The number of nitrogens with zero attached hydrogens (tertiary/aromatic N) is 2. The second kappa shape index (κ2) is 6.21. The maximum atomic E-state index is 13.3. The van der Waals surface area contributed by atoms with Crippen molar-refractivity contribution in [3.05, 3.63) is 35.1 Å². The number of imide groups is 1. The summed E-state index contributed by atoms with van der Waals surface area (Å²) >= 11 is 0. The van der Waals surface area contributed by atoms with Gasteiger partial charge in [0.15, 0.2) is 0 Å². The average Bonchev–Trinajstić information content (AvgIpc) is 2.83. The van der Waals surface area contributed by atoms with Gasteiger partial charge in [-0.1, -0.05) is 6.07 Å². The summed E-state index contributed by atoms with van der Waals surface area (Å²) in [5.41, 5.74) is 0.191. The van der Waals surface area contributed by atoms with E-state index in [1.807, 2.05) is 6.07 Å². The normalized spacial score (nSPS) is 27.5. The van der Waals surface area contributed by atoms with Crippen molar-refractivity contribution in [2.45, 2.75) is 31.8 Å². The molecule has 2 atom stereocenters. The first-order valence-electron chi connectivity index (χ1n) is 7.97. The highest BCUT2D eigenvalue weighted by Crippen LogP contribution is 2.30. The van der Waals surface area contributed by atoms with Crippen molar-refractivity contribution in [3.8, 4) is 6.07 Å². The molecule has 0 aromatic heterocycles. The van der Waals surface area contributed by atoms with Crippen LogP contribution in [0.25, 0.3) is 0 Å². The van der Waals surface area contributed by atoms with Crippen LogP contribution >= 0.6 is 0 Å². The summed E-state index contributed by atoms with van der Waals surface area (Å²) in [6.45, 7) is 3.74. The largest absolute Gasteiger partial charge is 0.323 e. The molecular formula is C17H19FN4O2. The minimum absolute atomic E-state index is 0.0105. The molecule has 6 nitrogen and oxygen atoms in total. The van der Waals surface area contributed by atoms with Crippen LogP contribution in [0.15, 0.2) is 18.2 Å². The van der Waals surface area contributed by atoms with Crippen molar-refractivity contribution in [1.29, 1.82) is 5.26 Å². The lowest BCUT2D eigenvalue weighted by Crippen LogP contribution is -2.55. The molecule has 0 spiro atoms. The monoisotopic (exact) mass is 330 g/mol. The minimum atomic E-state index is -0.906. The second-order valence-electron chi connectivity index (χ2n) is 6.60. The molecule has 0 bridgehead atoms. The van der Waals surface area contributed by atoms with E-state index >= 15 is 0 Å². The van der Waals surface area contributed by atoms with E-state index in [0.29, 0.717) is 18.7 Å². The molecule has 2 heterocycles. The number of carbonyl (C=O) groups is 2. The van der Waals surface area contributed by atoms with Gasteiger partial charge in [0, 0.05) is 19.0 Å². The second-order valence-corrected chi connectivity index (χ2v) is 6.60. The van der Waals surface area contributed by atoms with Gasteiger partial charge in [-0.3, -0.25) is 15.0 Å². The molecule has 0 aliphatic carbocycles. The van der Waals surface area contributed by atoms with E-state index in [0.717, 1.165) is 24.9 Å². The lowest BCUT2D eigenvalue weighted by Gasteiger charge is -2.39. The van der Waals surface area contributed by atoms with Crippen LogP contribution in [0.5, 0.6) is 0 Å². The highest BCUT2D eigenvalue weighted by Gasteiger charge is 2.48. The Morgan fingerprint density at radius 2 is 2.25 bits per heavy atom. The Balaban J connectivity index is 1.74. The third kappa shape index (κ3) is 2.97. The third-order valence-electron chi connectivity index (χ3n) is 4.98. The topological polar surface area (TPSA) is 85.2 Å². The molecule has 7 heteroatoms. The molecule has 126 valence electrons. The number of amides is 3. The molecule has 1 aromatic carbocycles. The van der Waals surface area contributed by atoms with E-state index < -0.39 is 17.4 Å². The van der Waals surface area contributed by atoms with Crippen LogP contribution in [0.2, 0.25) is 0 Å². The molecule has 2 fully saturated rings. The van der Waals surface area contributed by atoms with Gasteiger partial charge in [0.1, 0.15) is 11.4 Å². The highest BCUT2D eigenvalue weighted by molar-refractivity contribution is 6.07. The molecule has 3 rings (SSSR count). The summed E-state index contributed by atoms with van der Waals surface area (Å²) in [5, 5.41) is 14.2. The smallest absolute Gasteiger partial charge is 0.322 e. The summed E-state index contributed by atoms with van der Waals surface area (Å²) in [7, 11) is 0. The Hall–Kier alpha value is -2.46. The first-order valence-corrected chi connectivity index (χ1v) is 7.97. The lowest BCUT2D eigenvalue weighted by atomic mass is 9.80. The molecule has 1 aromatic rings. The maximum Gasteiger partial charge on any atom is 0.322 e. The number of hydrogen-bond donors (Lipinski definition) is 2.